The SMILES string of the molecule is O=C1NC(=O)/C(=C\c2ccc(OCC(O)COc3cc(Cl)c(Cl)cc3Cl)cc2)S1. The summed E-state index contributed by atoms with van der Waals surface area (Å²) in [6.45, 7) is -0.0611. The van der Waals surface area contributed by atoms with Crippen LogP contribution in [0.15, 0.2) is 41.3 Å². The van der Waals surface area contributed by atoms with E-state index >= 15 is 0 Å². The topological polar surface area (TPSA) is 84.9 Å². The van der Waals surface area contributed by atoms with Gasteiger partial charge in [-0.05, 0) is 41.6 Å². The fourth-order valence-electron chi connectivity index (χ4n) is 2.27. The number of carbonyl (C=O) groups excluding carboxylic acids is 2. The fraction of sp³-hybridized carbons (Fsp3) is 0.158. The number of imide groups is 1. The standard InChI is InChI=1S/C19H14Cl3NO5S/c20-13-6-15(22)16(7-14(13)21)28-9-11(24)8-27-12-3-1-10(2-4-12)5-17-18(25)23-19(26)29-17/h1-7,11,24H,8-9H2,(H,23,25,26)/b17-5+. The van der Waals surface area contributed by atoms with Gasteiger partial charge in [-0.3, -0.25) is 14.9 Å². The van der Waals surface area contributed by atoms with Crippen LogP contribution in [0, 0.1) is 0 Å². The molecule has 29 heavy (non-hydrogen) atoms. The van der Waals surface area contributed by atoms with Crippen LogP contribution in [-0.4, -0.2) is 35.6 Å². The van der Waals surface area contributed by atoms with E-state index in [0.29, 0.717) is 26.4 Å². The minimum Gasteiger partial charge on any atom is -0.491 e. The first kappa shape index (κ1) is 21.8. The van der Waals surface area contributed by atoms with Crippen LogP contribution in [0.2, 0.25) is 15.1 Å². The second-order valence-electron chi connectivity index (χ2n) is 5.89. The first-order valence-corrected chi connectivity index (χ1v) is 10.2. The van der Waals surface area contributed by atoms with E-state index in [-0.39, 0.29) is 23.5 Å². The normalized spacial score (nSPS) is 16.1. The number of carbonyl (C=O) groups is 2. The first-order chi connectivity index (χ1) is 13.8. The Morgan fingerprint density at radius 3 is 2.31 bits per heavy atom. The van der Waals surface area contributed by atoms with Crippen molar-refractivity contribution in [1.82, 2.24) is 5.32 Å². The maximum Gasteiger partial charge on any atom is 0.290 e. The Kier molecular flexibility index (Phi) is 7.32. The zero-order valence-corrected chi connectivity index (χ0v) is 17.7. The van der Waals surface area contributed by atoms with Crippen molar-refractivity contribution in [1.29, 1.82) is 0 Å². The van der Waals surface area contributed by atoms with E-state index in [9.17, 15) is 14.7 Å². The molecule has 0 aromatic heterocycles. The van der Waals surface area contributed by atoms with Crippen LogP contribution in [0.3, 0.4) is 0 Å². The molecular formula is C19H14Cl3NO5S. The Bertz CT molecular complexity index is 965. The van der Waals surface area contributed by atoms with Crippen molar-refractivity contribution in [3.63, 3.8) is 0 Å². The molecule has 2 aromatic rings. The lowest BCUT2D eigenvalue weighted by Gasteiger charge is -2.15. The summed E-state index contributed by atoms with van der Waals surface area (Å²) in [6.07, 6.45) is 0.699. The van der Waals surface area contributed by atoms with Gasteiger partial charge in [-0.15, -0.1) is 0 Å². The molecule has 0 bridgehead atoms. The maximum atomic E-state index is 11.5. The number of amides is 2. The van der Waals surface area contributed by atoms with E-state index in [4.69, 9.17) is 44.3 Å². The van der Waals surface area contributed by atoms with Gasteiger partial charge in [-0.2, -0.15) is 0 Å². The van der Waals surface area contributed by atoms with Crippen LogP contribution >= 0.6 is 46.6 Å². The van der Waals surface area contributed by atoms with Crippen LogP contribution in [0.1, 0.15) is 5.56 Å². The maximum absolute atomic E-state index is 11.5. The minimum absolute atomic E-state index is 0.00780. The summed E-state index contributed by atoms with van der Waals surface area (Å²) >= 11 is 18.7. The van der Waals surface area contributed by atoms with Crippen molar-refractivity contribution < 1.29 is 24.2 Å². The smallest absolute Gasteiger partial charge is 0.290 e. The van der Waals surface area contributed by atoms with Gasteiger partial charge in [0.2, 0.25) is 0 Å². The minimum atomic E-state index is -0.910. The number of thioether (sulfide) groups is 1. The number of hydrogen-bond donors (Lipinski definition) is 2. The van der Waals surface area contributed by atoms with Crippen LogP contribution in [0.25, 0.3) is 6.08 Å². The molecule has 1 unspecified atom stereocenters. The number of aliphatic hydroxyl groups excluding tert-OH is 1. The summed E-state index contributed by atoms with van der Waals surface area (Å²) in [6, 6.07) is 9.78. The quantitative estimate of drug-likeness (QED) is 0.443. The van der Waals surface area contributed by atoms with E-state index in [1.165, 1.54) is 12.1 Å². The van der Waals surface area contributed by atoms with Crippen molar-refractivity contribution in [2.45, 2.75) is 6.10 Å². The molecule has 0 spiro atoms. The number of halogens is 3. The highest BCUT2D eigenvalue weighted by Gasteiger charge is 2.24. The second kappa shape index (κ2) is 9.73. The Balaban J connectivity index is 1.50. The first-order valence-electron chi connectivity index (χ1n) is 8.25. The molecule has 152 valence electrons. The molecule has 6 nitrogen and oxygen atoms in total. The highest BCUT2D eigenvalue weighted by atomic mass is 35.5. The Morgan fingerprint density at radius 2 is 1.66 bits per heavy atom. The zero-order chi connectivity index (χ0) is 21.0. The molecular weight excluding hydrogens is 461 g/mol. The molecule has 1 aliphatic rings. The predicted molar refractivity (Wildman–Crippen MR) is 114 cm³/mol. The van der Waals surface area contributed by atoms with Gasteiger partial charge in [-0.25, -0.2) is 0 Å². The van der Waals surface area contributed by atoms with E-state index in [1.807, 2.05) is 0 Å². The fourth-order valence-corrected chi connectivity index (χ4v) is 3.55. The van der Waals surface area contributed by atoms with Crippen LogP contribution in [0.5, 0.6) is 11.5 Å². The highest BCUT2D eigenvalue weighted by molar-refractivity contribution is 8.18. The lowest BCUT2D eigenvalue weighted by Crippen LogP contribution is -2.25. The molecule has 3 rings (SSSR count). The van der Waals surface area contributed by atoms with Crippen molar-refractivity contribution in [3.8, 4) is 11.5 Å². The van der Waals surface area contributed by atoms with Crippen molar-refractivity contribution in [2.75, 3.05) is 13.2 Å². The van der Waals surface area contributed by atoms with Gasteiger partial charge in [0, 0.05) is 6.07 Å². The predicted octanol–water partition coefficient (Wildman–Crippen LogP) is 4.79. The van der Waals surface area contributed by atoms with Crippen LogP contribution in [-0.2, 0) is 4.79 Å². The van der Waals surface area contributed by atoms with Gasteiger partial charge >= 0.3 is 0 Å². The largest absolute Gasteiger partial charge is 0.491 e. The summed E-state index contributed by atoms with van der Waals surface area (Å²) < 4.78 is 11.0. The van der Waals surface area contributed by atoms with Gasteiger partial charge < -0.3 is 14.6 Å². The summed E-state index contributed by atoms with van der Waals surface area (Å²) in [5, 5.41) is 12.7. The lowest BCUT2D eigenvalue weighted by molar-refractivity contribution is -0.115. The molecule has 1 atom stereocenters. The molecule has 1 fully saturated rings. The Hall–Kier alpha value is -1.90. The second-order valence-corrected chi connectivity index (χ2v) is 8.13. The van der Waals surface area contributed by atoms with Gasteiger partial charge in [0.1, 0.15) is 30.8 Å². The van der Waals surface area contributed by atoms with E-state index in [2.05, 4.69) is 5.32 Å². The van der Waals surface area contributed by atoms with Crippen molar-refractivity contribution >= 4 is 63.8 Å². The van der Waals surface area contributed by atoms with Crippen molar-refractivity contribution in [2.24, 2.45) is 0 Å². The molecule has 0 saturated carbocycles. The zero-order valence-electron chi connectivity index (χ0n) is 14.7. The van der Waals surface area contributed by atoms with E-state index in [1.54, 1.807) is 30.3 Å². The highest BCUT2D eigenvalue weighted by Crippen LogP contribution is 2.34. The number of aliphatic hydroxyl groups is 1. The summed E-state index contributed by atoms with van der Waals surface area (Å²) in [7, 11) is 0. The van der Waals surface area contributed by atoms with Crippen LogP contribution in [0.4, 0.5) is 4.79 Å². The number of rotatable bonds is 7. The monoisotopic (exact) mass is 473 g/mol. The number of benzene rings is 2. The Labute approximate surface area is 185 Å². The number of nitrogens with one attached hydrogen (secondary N) is 1. The molecule has 2 amide bonds. The van der Waals surface area contributed by atoms with Crippen LogP contribution < -0.4 is 14.8 Å². The molecule has 0 radical (unpaired) electrons. The molecule has 1 saturated heterocycles. The summed E-state index contributed by atoms with van der Waals surface area (Å²) in [5.41, 5.74) is 0.739. The van der Waals surface area contributed by atoms with Gasteiger partial charge in [0.25, 0.3) is 11.1 Å². The van der Waals surface area contributed by atoms with Gasteiger partial charge in [0.15, 0.2) is 0 Å². The number of ether oxygens (including phenoxy) is 2. The van der Waals surface area contributed by atoms with E-state index < -0.39 is 12.0 Å². The molecule has 1 aliphatic heterocycles. The Morgan fingerprint density at radius 1 is 1.00 bits per heavy atom. The van der Waals surface area contributed by atoms with Crippen molar-refractivity contribution in [3.05, 3.63) is 61.9 Å². The summed E-state index contributed by atoms with van der Waals surface area (Å²) in [4.78, 5) is 23.0. The summed E-state index contributed by atoms with van der Waals surface area (Å²) in [5.74, 6) is 0.425. The average Bonchev–Trinajstić information content (AvgIpc) is 3.00. The molecule has 2 aromatic carbocycles. The molecule has 10 heteroatoms. The lowest BCUT2D eigenvalue weighted by atomic mass is 10.2. The average molecular weight is 475 g/mol. The third kappa shape index (κ3) is 6.04. The van der Waals surface area contributed by atoms with E-state index in [0.717, 1.165) is 17.3 Å². The molecule has 1 heterocycles. The third-order valence-electron chi connectivity index (χ3n) is 3.67. The van der Waals surface area contributed by atoms with Gasteiger partial charge in [0.05, 0.1) is 20.0 Å². The molecule has 0 aliphatic carbocycles. The third-order valence-corrected chi connectivity index (χ3v) is 5.50. The molecule has 2 N–H and O–H groups in total. The number of hydrogen-bond acceptors (Lipinski definition) is 6. The van der Waals surface area contributed by atoms with Gasteiger partial charge in [-0.1, -0.05) is 46.9 Å².